The van der Waals surface area contributed by atoms with E-state index in [9.17, 15) is 4.79 Å². The van der Waals surface area contributed by atoms with E-state index in [-0.39, 0.29) is 0 Å². The zero-order valence-electron chi connectivity index (χ0n) is 15.8. The fourth-order valence-electron chi connectivity index (χ4n) is 3.85. The Labute approximate surface area is 160 Å². The molecule has 3 heterocycles. The lowest BCUT2D eigenvalue weighted by molar-refractivity contribution is -0.109. The van der Waals surface area contributed by atoms with Gasteiger partial charge in [-0.15, -0.1) is 0 Å². The Bertz CT molecular complexity index is 732. The molecule has 0 atom stereocenters. The summed E-state index contributed by atoms with van der Waals surface area (Å²) >= 11 is 0. The number of aromatic nitrogens is 2. The third kappa shape index (κ3) is 4.51. The number of nitrogens with zero attached hydrogens (tertiary/aromatic N) is 5. The summed E-state index contributed by atoms with van der Waals surface area (Å²) in [5.41, 5.74) is 3.34. The Hall–Kier alpha value is -2.31. The third-order valence-electron chi connectivity index (χ3n) is 5.52. The van der Waals surface area contributed by atoms with Gasteiger partial charge in [0.2, 0.25) is 0 Å². The van der Waals surface area contributed by atoms with E-state index in [2.05, 4.69) is 48.9 Å². The van der Waals surface area contributed by atoms with Gasteiger partial charge in [-0.05, 0) is 18.4 Å². The standard InChI is InChI=1S/C21H27N5O/c27-14-13-24-9-11-25(12-10-24)17-18-3-5-19(6-4-18)20-15-23-21(16-22-20)26-7-1-2-8-26/h3-6,14-16H,1-2,7-13,17H2. The van der Waals surface area contributed by atoms with Crippen molar-refractivity contribution in [1.82, 2.24) is 19.8 Å². The molecule has 1 aromatic heterocycles. The van der Waals surface area contributed by atoms with Gasteiger partial charge < -0.3 is 9.69 Å². The molecule has 2 saturated heterocycles. The summed E-state index contributed by atoms with van der Waals surface area (Å²) in [6.07, 6.45) is 7.27. The molecule has 2 fully saturated rings. The lowest BCUT2D eigenvalue weighted by atomic mass is 10.1. The maximum atomic E-state index is 10.6. The van der Waals surface area contributed by atoms with Gasteiger partial charge in [-0.25, -0.2) is 4.98 Å². The smallest absolute Gasteiger partial charge is 0.147 e. The minimum atomic E-state index is 0.556. The SMILES string of the molecule is O=CCN1CCN(Cc2ccc(-c3cnc(N4CCCC4)cn3)cc2)CC1. The highest BCUT2D eigenvalue weighted by molar-refractivity contribution is 5.59. The lowest BCUT2D eigenvalue weighted by Crippen LogP contribution is -2.46. The van der Waals surface area contributed by atoms with Gasteiger partial charge in [0, 0.05) is 51.4 Å². The average molecular weight is 365 g/mol. The molecule has 0 aliphatic carbocycles. The van der Waals surface area contributed by atoms with Crippen molar-refractivity contribution in [2.75, 3.05) is 50.7 Å². The minimum Gasteiger partial charge on any atom is -0.355 e. The van der Waals surface area contributed by atoms with Crippen molar-refractivity contribution in [3.8, 4) is 11.3 Å². The highest BCUT2D eigenvalue weighted by atomic mass is 16.1. The quantitative estimate of drug-likeness (QED) is 0.731. The largest absolute Gasteiger partial charge is 0.355 e. The van der Waals surface area contributed by atoms with E-state index in [1.807, 2.05) is 12.4 Å². The van der Waals surface area contributed by atoms with Crippen molar-refractivity contribution in [3.05, 3.63) is 42.2 Å². The molecule has 142 valence electrons. The zero-order valence-corrected chi connectivity index (χ0v) is 15.8. The molecule has 0 radical (unpaired) electrons. The van der Waals surface area contributed by atoms with Crippen LogP contribution in [0.25, 0.3) is 11.3 Å². The monoisotopic (exact) mass is 365 g/mol. The Balaban J connectivity index is 1.34. The average Bonchev–Trinajstić information content (AvgIpc) is 3.25. The number of anilines is 1. The molecule has 0 amide bonds. The van der Waals surface area contributed by atoms with Crippen molar-refractivity contribution in [3.63, 3.8) is 0 Å². The second-order valence-electron chi connectivity index (χ2n) is 7.39. The number of rotatable bonds is 6. The van der Waals surface area contributed by atoms with E-state index in [1.54, 1.807) is 0 Å². The van der Waals surface area contributed by atoms with Gasteiger partial charge in [-0.3, -0.25) is 14.8 Å². The summed E-state index contributed by atoms with van der Waals surface area (Å²) < 4.78 is 0. The summed E-state index contributed by atoms with van der Waals surface area (Å²) in [7, 11) is 0. The summed E-state index contributed by atoms with van der Waals surface area (Å²) in [5, 5.41) is 0. The summed E-state index contributed by atoms with van der Waals surface area (Å²) in [5.74, 6) is 0.988. The molecule has 0 spiro atoms. The fraction of sp³-hybridized carbons (Fsp3) is 0.476. The second-order valence-corrected chi connectivity index (χ2v) is 7.39. The van der Waals surface area contributed by atoms with Crippen LogP contribution in [0.1, 0.15) is 18.4 Å². The Morgan fingerprint density at radius 3 is 2.19 bits per heavy atom. The maximum absolute atomic E-state index is 10.6. The van der Waals surface area contributed by atoms with Gasteiger partial charge in [-0.2, -0.15) is 0 Å². The number of piperazine rings is 1. The fourth-order valence-corrected chi connectivity index (χ4v) is 3.85. The van der Waals surface area contributed by atoms with Crippen molar-refractivity contribution in [2.45, 2.75) is 19.4 Å². The van der Waals surface area contributed by atoms with Crippen LogP contribution in [0.4, 0.5) is 5.82 Å². The number of benzene rings is 1. The highest BCUT2D eigenvalue weighted by Gasteiger charge is 2.17. The normalized spacial score (nSPS) is 18.7. The molecule has 0 saturated carbocycles. The predicted molar refractivity (Wildman–Crippen MR) is 107 cm³/mol. The number of carbonyl (C=O) groups excluding carboxylic acids is 1. The van der Waals surface area contributed by atoms with Crippen LogP contribution < -0.4 is 4.90 Å². The first kappa shape index (κ1) is 18.1. The molecule has 27 heavy (non-hydrogen) atoms. The third-order valence-corrected chi connectivity index (χ3v) is 5.52. The van der Waals surface area contributed by atoms with Gasteiger partial charge in [-0.1, -0.05) is 24.3 Å². The van der Waals surface area contributed by atoms with Crippen molar-refractivity contribution in [1.29, 1.82) is 0 Å². The number of hydrogen-bond acceptors (Lipinski definition) is 6. The molecule has 6 nitrogen and oxygen atoms in total. The van der Waals surface area contributed by atoms with E-state index in [0.717, 1.165) is 69.2 Å². The van der Waals surface area contributed by atoms with Crippen LogP contribution in [-0.2, 0) is 11.3 Å². The molecule has 4 rings (SSSR count). The predicted octanol–water partition coefficient (Wildman–Crippen LogP) is 2.06. The highest BCUT2D eigenvalue weighted by Crippen LogP contribution is 2.21. The van der Waals surface area contributed by atoms with E-state index < -0.39 is 0 Å². The van der Waals surface area contributed by atoms with Crippen LogP contribution in [0.2, 0.25) is 0 Å². The van der Waals surface area contributed by atoms with Gasteiger partial charge >= 0.3 is 0 Å². The number of carbonyl (C=O) groups is 1. The van der Waals surface area contributed by atoms with Gasteiger partial charge in [0.05, 0.1) is 24.6 Å². The van der Waals surface area contributed by atoms with Crippen LogP contribution >= 0.6 is 0 Å². The van der Waals surface area contributed by atoms with Crippen LogP contribution in [-0.4, -0.2) is 71.9 Å². The summed E-state index contributed by atoms with van der Waals surface area (Å²) in [6.45, 7) is 7.65. The molecule has 6 heteroatoms. The molecule has 0 bridgehead atoms. The molecular weight excluding hydrogens is 338 g/mol. The van der Waals surface area contributed by atoms with Crippen molar-refractivity contribution in [2.24, 2.45) is 0 Å². The van der Waals surface area contributed by atoms with Crippen LogP contribution in [0, 0.1) is 0 Å². The summed E-state index contributed by atoms with van der Waals surface area (Å²) in [4.78, 5) is 26.8. The molecule has 2 aromatic rings. The number of aldehydes is 1. The van der Waals surface area contributed by atoms with Crippen molar-refractivity contribution >= 4 is 12.1 Å². The molecule has 0 unspecified atom stereocenters. The van der Waals surface area contributed by atoms with Gasteiger partial charge in [0.15, 0.2) is 0 Å². The van der Waals surface area contributed by atoms with Crippen LogP contribution in [0.15, 0.2) is 36.7 Å². The van der Waals surface area contributed by atoms with E-state index >= 15 is 0 Å². The lowest BCUT2D eigenvalue weighted by Gasteiger charge is -2.33. The van der Waals surface area contributed by atoms with E-state index in [0.29, 0.717) is 6.54 Å². The molecule has 2 aliphatic rings. The van der Waals surface area contributed by atoms with Gasteiger partial charge in [0.1, 0.15) is 12.1 Å². The molecule has 1 aromatic carbocycles. The maximum Gasteiger partial charge on any atom is 0.147 e. The Kier molecular flexibility index (Phi) is 5.75. The Morgan fingerprint density at radius 1 is 0.852 bits per heavy atom. The van der Waals surface area contributed by atoms with Gasteiger partial charge in [0.25, 0.3) is 0 Å². The van der Waals surface area contributed by atoms with E-state index in [1.165, 1.54) is 18.4 Å². The topological polar surface area (TPSA) is 52.6 Å². The molecular formula is C21H27N5O. The van der Waals surface area contributed by atoms with Crippen LogP contribution in [0.5, 0.6) is 0 Å². The number of hydrogen-bond donors (Lipinski definition) is 0. The first-order chi connectivity index (χ1) is 13.3. The molecule has 2 aliphatic heterocycles. The summed E-state index contributed by atoms with van der Waals surface area (Å²) in [6, 6.07) is 8.64. The first-order valence-corrected chi connectivity index (χ1v) is 9.86. The zero-order chi connectivity index (χ0) is 18.5. The first-order valence-electron chi connectivity index (χ1n) is 9.86. The minimum absolute atomic E-state index is 0.556. The second kappa shape index (κ2) is 8.59. The van der Waals surface area contributed by atoms with E-state index in [4.69, 9.17) is 0 Å². The molecule has 0 N–H and O–H groups in total. The van der Waals surface area contributed by atoms with Crippen LogP contribution in [0.3, 0.4) is 0 Å². The van der Waals surface area contributed by atoms with Crippen molar-refractivity contribution < 1.29 is 4.79 Å². The Morgan fingerprint density at radius 2 is 1.56 bits per heavy atom.